The second-order valence-corrected chi connectivity index (χ2v) is 5.52. The Bertz CT molecular complexity index is 548. The number of nitrogens with zero attached hydrogens (tertiary/aromatic N) is 4. The minimum atomic E-state index is 0.290. The Morgan fingerprint density at radius 1 is 1.38 bits per heavy atom. The molecular formula is C13H20N6OS. The predicted octanol–water partition coefficient (Wildman–Crippen LogP) is 1.69. The molecule has 2 rings (SSSR count). The van der Waals surface area contributed by atoms with Crippen LogP contribution in [0.15, 0.2) is 17.5 Å². The van der Waals surface area contributed by atoms with E-state index in [1.165, 1.54) is 4.88 Å². The molecule has 114 valence electrons. The molecule has 0 saturated carbocycles. The monoisotopic (exact) mass is 308 g/mol. The average Bonchev–Trinajstić information content (AvgIpc) is 3.03. The lowest BCUT2D eigenvalue weighted by molar-refractivity contribution is 0.292. The Morgan fingerprint density at radius 2 is 2.24 bits per heavy atom. The van der Waals surface area contributed by atoms with Crippen LogP contribution in [0.5, 0.6) is 6.01 Å². The fourth-order valence-electron chi connectivity index (χ4n) is 1.67. The van der Waals surface area contributed by atoms with E-state index in [-0.39, 0.29) is 6.01 Å². The standard InChI is InChI=1S/C13H20N6OS/c1-3-8-20-13-16-11(18-14)15-12(17-13)19(2)7-6-10-5-4-9-21-10/h4-5,9H,3,6-8,14H2,1-2H3,(H,15,16,17,18). The summed E-state index contributed by atoms with van der Waals surface area (Å²) in [5.74, 6) is 6.23. The number of nitrogens with two attached hydrogens (primary N) is 1. The van der Waals surface area contributed by atoms with Gasteiger partial charge < -0.3 is 9.64 Å². The Labute approximate surface area is 128 Å². The molecule has 0 aliphatic carbocycles. The van der Waals surface area contributed by atoms with Gasteiger partial charge in [-0.3, -0.25) is 5.43 Å². The minimum absolute atomic E-state index is 0.290. The lowest BCUT2D eigenvalue weighted by atomic mass is 10.3. The highest BCUT2D eigenvalue weighted by Crippen LogP contribution is 2.15. The molecule has 0 aliphatic heterocycles. The largest absolute Gasteiger partial charge is 0.463 e. The molecule has 2 heterocycles. The topological polar surface area (TPSA) is 89.2 Å². The SMILES string of the molecule is CCCOc1nc(NN)nc(N(C)CCc2cccs2)n1. The summed E-state index contributed by atoms with van der Waals surface area (Å²) in [6.07, 6.45) is 1.83. The first kappa shape index (κ1) is 15.5. The maximum atomic E-state index is 5.46. The number of hydrogen-bond acceptors (Lipinski definition) is 8. The molecule has 0 bridgehead atoms. The second-order valence-electron chi connectivity index (χ2n) is 4.49. The molecule has 0 unspecified atom stereocenters. The Hall–Kier alpha value is -1.93. The molecule has 3 N–H and O–H groups in total. The third-order valence-electron chi connectivity index (χ3n) is 2.78. The van der Waals surface area contributed by atoms with Crippen molar-refractivity contribution in [3.05, 3.63) is 22.4 Å². The van der Waals surface area contributed by atoms with Crippen LogP contribution in [-0.2, 0) is 6.42 Å². The zero-order valence-electron chi connectivity index (χ0n) is 12.2. The molecule has 0 aliphatic rings. The average molecular weight is 308 g/mol. The van der Waals surface area contributed by atoms with E-state index in [2.05, 4.69) is 37.9 Å². The van der Waals surface area contributed by atoms with Gasteiger partial charge in [0.05, 0.1) is 6.61 Å². The maximum Gasteiger partial charge on any atom is 0.323 e. The highest BCUT2D eigenvalue weighted by atomic mass is 32.1. The molecule has 8 heteroatoms. The fourth-order valence-corrected chi connectivity index (χ4v) is 2.37. The molecule has 0 spiro atoms. The summed E-state index contributed by atoms with van der Waals surface area (Å²) in [7, 11) is 1.94. The van der Waals surface area contributed by atoms with Crippen LogP contribution in [0, 0.1) is 0 Å². The van der Waals surface area contributed by atoms with Crippen LogP contribution in [0.1, 0.15) is 18.2 Å². The molecule has 0 saturated heterocycles. The Kier molecular flexibility index (Phi) is 5.70. The van der Waals surface area contributed by atoms with Gasteiger partial charge in [-0.05, 0) is 24.3 Å². The maximum absolute atomic E-state index is 5.46. The first-order valence-corrected chi connectivity index (χ1v) is 7.70. The minimum Gasteiger partial charge on any atom is -0.463 e. The zero-order valence-corrected chi connectivity index (χ0v) is 13.1. The summed E-state index contributed by atoms with van der Waals surface area (Å²) >= 11 is 1.75. The van der Waals surface area contributed by atoms with Crippen LogP contribution < -0.4 is 20.9 Å². The van der Waals surface area contributed by atoms with Crippen molar-refractivity contribution in [2.24, 2.45) is 5.84 Å². The van der Waals surface area contributed by atoms with Gasteiger partial charge in [-0.25, -0.2) is 5.84 Å². The molecule has 2 aromatic rings. The summed E-state index contributed by atoms with van der Waals surface area (Å²) in [5, 5.41) is 2.07. The van der Waals surface area contributed by atoms with Gasteiger partial charge in [0.1, 0.15) is 0 Å². The number of rotatable bonds is 8. The quantitative estimate of drug-likeness (QED) is 0.566. The summed E-state index contributed by atoms with van der Waals surface area (Å²) in [5.41, 5.74) is 2.44. The summed E-state index contributed by atoms with van der Waals surface area (Å²) in [6, 6.07) is 4.46. The number of hydrazine groups is 1. The number of thiophene rings is 1. The van der Waals surface area contributed by atoms with Gasteiger partial charge in [0, 0.05) is 18.5 Å². The third-order valence-corrected chi connectivity index (χ3v) is 3.72. The van der Waals surface area contributed by atoms with E-state index in [4.69, 9.17) is 10.6 Å². The summed E-state index contributed by atoms with van der Waals surface area (Å²) in [4.78, 5) is 15.9. The molecule has 21 heavy (non-hydrogen) atoms. The van der Waals surface area contributed by atoms with Gasteiger partial charge in [0.25, 0.3) is 0 Å². The first-order chi connectivity index (χ1) is 10.2. The lowest BCUT2D eigenvalue weighted by Crippen LogP contribution is -2.24. The number of ether oxygens (including phenoxy) is 1. The van der Waals surface area contributed by atoms with Crippen molar-refractivity contribution < 1.29 is 4.74 Å². The van der Waals surface area contributed by atoms with E-state index >= 15 is 0 Å². The van der Waals surface area contributed by atoms with Gasteiger partial charge in [-0.15, -0.1) is 11.3 Å². The molecule has 0 amide bonds. The van der Waals surface area contributed by atoms with E-state index in [1.54, 1.807) is 11.3 Å². The number of likely N-dealkylation sites (N-methyl/N-ethyl adjacent to an activating group) is 1. The van der Waals surface area contributed by atoms with Gasteiger partial charge in [0.2, 0.25) is 11.9 Å². The van der Waals surface area contributed by atoms with Crippen molar-refractivity contribution in [3.8, 4) is 6.01 Å². The van der Waals surface area contributed by atoms with Crippen molar-refractivity contribution >= 4 is 23.2 Å². The van der Waals surface area contributed by atoms with E-state index in [0.717, 1.165) is 19.4 Å². The lowest BCUT2D eigenvalue weighted by Gasteiger charge is -2.17. The van der Waals surface area contributed by atoms with Crippen molar-refractivity contribution in [3.63, 3.8) is 0 Å². The van der Waals surface area contributed by atoms with Crippen LogP contribution in [0.3, 0.4) is 0 Å². The second kappa shape index (κ2) is 7.75. The molecule has 2 aromatic heterocycles. The molecule has 7 nitrogen and oxygen atoms in total. The van der Waals surface area contributed by atoms with E-state index in [0.29, 0.717) is 18.5 Å². The number of anilines is 2. The van der Waals surface area contributed by atoms with Crippen LogP contribution in [0.4, 0.5) is 11.9 Å². The van der Waals surface area contributed by atoms with Crippen molar-refractivity contribution in [1.82, 2.24) is 15.0 Å². The van der Waals surface area contributed by atoms with E-state index < -0.39 is 0 Å². The molecular weight excluding hydrogens is 288 g/mol. The van der Waals surface area contributed by atoms with Gasteiger partial charge in [0.15, 0.2) is 0 Å². The van der Waals surface area contributed by atoms with Gasteiger partial charge in [-0.1, -0.05) is 13.0 Å². The molecule has 0 aromatic carbocycles. The summed E-state index contributed by atoms with van der Waals surface area (Å²) < 4.78 is 5.46. The zero-order chi connectivity index (χ0) is 15.1. The summed E-state index contributed by atoms with van der Waals surface area (Å²) in [6.45, 7) is 3.39. The molecule has 0 fully saturated rings. The van der Waals surface area contributed by atoms with Crippen LogP contribution in [-0.4, -0.2) is 35.2 Å². The Balaban J connectivity index is 2.05. The molecule has 0 atom stereocenters. The van der Waals surface area contributed by atoms with Crippen LogP contribution in [0.25, 0.3) is 0 Å². The highest BCUT2D eigenvalue weighted by molar-refractivity contribution is 7.09. The van der Waals surface area contributed by atoms with E-state index in [9.17, 15) is 0 Å². The van der Waals surface area contributed by atoms with Gasteiger partial charge in [-0.2, -0.15) is 15.0 Å². The number of nitrogen functional groups attached to an aromatic ring is 1. The number of aromatic nitrogens is 3. The highest BCUT2D eigenvalue weighted by Gasteiger charge is 2.11. The van der Waals surface area contributed by atoms with E-state index in [1.807, 2.05) is 18.9 Å². The van der Waals surface area contributed by atoms with Crippen LogP contribution >= 0.6 is 11.3 Å². The van der Waals surface area contributed by atoms with Crippen molar-refractivity contribution in [2.45, 2.75) is 19.8 Å². The number of nitrogens with one attached hydrogen (secondary N) is 1. The van der Waals surface area contributed by atoms with Crippen molar-refractivity contribution in [2.75, 3.05) is 30.5 Å². The van der Waals surface area contributed by atoms with Crippen molar-refractivity contribution in [1.29, 1.82) is 0 Å². The first-order valence-electron chi connectivity index (χ1n) is 6.82. The van der Waals surface area contributed by atoms with Crippen LogP contribution in [0.2, 0.25) is 0 Å². The normalized spacial score (nSPS) is 10.4. The van der Waals surface area contributed by atoms with Gasteiger partial charge >= 0.3 is 6.01 Å². The third kappa shape index (κ3) is 4.54. The number of hydrogen-bond donors (Lipinski definition) is 2. The fraction of sp³-hybridized carbons (Fsp3) is 0.462. The Morgan fingerprint density at radius 3 is 2.90 bits per heavy atom. The smallest absolute Gasteiger partial charge is 0.323 e. The molecule has 0 radical (unpaired) electrons. The predicted molar refractivity (Wildman–Crippen MR) is 84.7 cm³/mol.